The summed E-state index contributed by atoms with van der Waals surface area (Å²) in [6, 6.07) is 0. The van der Waals surface area contributed by atoms with Gasteiger partial charge < -0.3 is 10.2 Å². The molecule has 0 spiro atoms. The number of carbonyl (C=O) groups excluding carboxylic acids is 1. The smallest absolute Gasteiger partial charge is 0.254 e. The number of aryl methyl sites for hydroxylation is 1. The van der Waals surface area contributed by atoms with E-state index in [1.54, 1.807) is 17.1 Å². The van der Waals surface area contributed by atoms with E-state index in [4.69, 9.17) is 0 Å². The maximum Gasteiger partial charge on any atom is 0.254 e. The molecule has 1 aliphatic rings. The zero-order valence-corrected chi connectivity index (χ0v) is 11.2. The average molecular weight is 250 g/mol. The van der Waals surface area contributed by atoms with Crippen molar-refractivity contribution in [1.82, 2.24) is 20.0 Å². The molecule has 1 N–H and O–H groups in total. The molecule has 1 fully saturated rings. The van der Waals surface area contributed by atoms with Crippen LogP contribution in [0.15, 0.2) is 12.4 Å². The fourth-order valence-corrected chi connectivity index (χ4v) is 2.46. The number of hydrogen-bond acceptors (Lipinski definition) is 3. The SMILES string of the molecule is CC1CCCN(CCNC(=O)c2cnn(C)c2)C1. The summed E-state index contributed by atoms with van der Waals surface area (Å²) in [5, 5.41) is 6.93. The quantitative estimate of drug-likeness (QED) is 0.863. The Hall–Kier alpha value is -1.36. The number of nitrogens with zero attached hydrogens (tertiary/aromatic N) is 3. The Bertz CT molecular complexity index is 401. The molecule has 2 rings (SSSR count). The Kier molecular flexibility index (Phi) is 4.36. The molecule has 5 heteroatoms. The van der Waals surface area contributed by atoms with Gasteiger partial charge in [0.2, 0.25) is 0 Å². The number of carbonyl (C=O) groups is 1. The van der Waals surface area contributed by atoms with E-state index in [-0.39, 0.29) is 5.91 Å². The highest BCUT2D eigenvalue weighted by atomic mass is 16.1. The molecule has 1 saturated heterocycles. The van der Waals surface area contributed by atoms with Gasteiger partial charge in [-0.25, -0.2) is 0 Å². The Morgan fingerprint density at radius 3 is 3.11 bits per heavy atom. The van der Waals surface area contributed by atoms with Gasteiger partial charge in [-0.15, -0.1) is 0 Å². The van der Waals surface area contributed by atoms with Crippen molar-refractivity contribution in [2.75, 3.05) is 26.2 Å². The van der Waals surface area contributed by atoms with E-state index in [2.05, 4.69) is 22.2 Å². The molecule has 5 nitrogen and oxygen atoms in total. The Balaban J connectivity index is 1.70. The third kappa shape index (κ3) is 3.57. The summed E-state index contributed by atoms with van der Waals surface area (Å²) in [6.07, 6.45) is 5.94. The van der Waals surface area contributed by atoms with Crippen LogP contribution >= 0.6 is 0 Å². The number of aromatic nitrogens is 2. The molecule has 1 aromatic rings. The highest BCUT2D eigenvalue weighted by Gasteiger charge is 2.16. The number of likely N-dealkylation sites (tertiary alicyclic amines) is 1. The van der Waals surface area contributed by atoms with Crippen molar-refractivity contribution in [3.63, 3.8) is 0 Å². The van der Waals surface area contributed by atoms with Crippen LogP contribution in [0.4, 0.5) is 0 Å². The molecular formula is C13H22N4O. The summed E-state index contributed by atoms with van der Waals surface area (Å²) in [6.45, 7) is 6.26. The minimum atomic E-state index is -0.0341. The molecule has 100 valence electrons. The molecule has 0 bridgehead atoms. The second kappa shape index (κ2) is 6.00. The summed E-state index contributed by atoms with van der Waals surface area (Å²) < 4.78 is 1.64. The van der Waals surface area contributed by atoms with Gasteiger partial charge in [-0.05, 0) is 25.3 Å². The number of hydrogen-bond donors (Lipinski definition) is 1. The predicted molar refractivity (Wildman–Crippen MR) is 70.4 cm³/mol. The van der Waals surface area contributed by atoms with Crippen LogP contribution in [0.25, 0.3) is 0 Å². The molecule has 1 aliphatic heterocycles. The highest BCUT2D eigenvalue weighted by Crippen LogP contribution is 2.14. The van der Waals surface area contributed by atoms with E-state index in [0.29, 0.717) is 12.1 Å². The minimum Gasteiger partial charge on any atom is -0.351 e. The van der Waals surface area contributed by atoms with Crippen molar-refractivity contribution >= 4 is 5.91 Å². The van der Waals surface area contributed by atoms with Crippen LogP contribution in [0.2, 0.25) is 0 Å². The maximum atomic E-state index is 11.8. The number of piperidine rings is 1. The molecule has 0 aliphatic carbocycles. The van der Waals surface area contributed by atoms with Gasteiger partial charge in [-0.2, -0.15) is 5.10 Å². The zero-order valence-electron chi connectivity index (χ0n) is 11.2. The van der Waals surface area contributed by atoms with Crippen molar-refractivity contribution < 1.29 is 4.79 Å². The Morgan fingerprint density at radius 1 is 1.61 bits per heavy atom. The second-order valence-electron chi connectivity index (χ2n) is 5.21. The summed E-state index contributed by atoms with van der Waals surface area (Å²) in [4.78, 5) is 14.2. The van der Waals surface area contributed by atoms with Crippen molar-refractivity contribution in [2.45, 2.75) is 19.8 Å². The first kappa shape index (κ1) is 13.1. The van der Waals surface area contributed by atoms with Gasteiger partial charge in [0.05, 0.1) is 11.8 Å². The first-order chi connectivity index (χ1) is 8.65. The third-order valence-corrected chi connectivity index (χ3v) is 3.42. The van der Waals surface area contributed by atoms with Crippen molar-refractivity contribution in [3.8, 4) is 0 Å². The van der Waals surface area contributed by atoms with Gasteiger partial charge in [-0.3, -0.25) is 9.48 Å². The summed E-state index contributed by atoms with van der Waals surface area (Å²) >= 11 is 0. The number of rotatable bonds is 4. The fraction of sp³-hybridized carbons (Fsp3) is 0.692. The molecule has 1 atom stereocenters. The largest absolute Gasteiger partial charge is 0.351 e. The summed E-state index contributed by atoms with van der Waals surface area (Å²) in [5.41, 5.74) is 0.629. The van der Waals surface area contributed by atoms with E-state index in [0.717, 1.165) is 25.6 Å². The molecule has 1 amide bonds. The summed E-state index contributed by atoms with van der Waals surface area (Å²) in [7, 11) is 1.81. The lowest BCUT2D eigenvalue weighted by Gasteiger charge is -2.30. The van der Waals surface area contributed by atoms with Gasteiger partial charge >= 0.3 is 0 Å². The van der Waals surface area contributed by atoms with E-state index in [1.807, 2.05) is 7.05 Å². The number of amides is 1. The van der Waals surface area contributed by atoms with Gasteiger partial charge in [0, 0.05) is 32.9 Å². The normalized spacial score (nSPS) is 20.9. The van der Waals surface area contributed by atoms with Crippen LogP contribution in [0.1, 0.15) is 30.1 Å². The lowest BCUT2D eigenvalue weighted by molar-refractivity contribution is 0.0943. The van der Waals surface area contributed by atoms with Crippen molar-refractivity contribution in [2.24, 2.45) is 13.0 Å². The molecule has 18 heavy (non-hydrogen) atoms. The topological polar surface area (TPSA) is 50.2 Å². The van der Waals surface area contributed by atoms with E-state index < -0.39 is 0 Å². The van der Waals surface area contributed by atoms with Gasteiger partial charge in [0.15, 0.2) is 0 Å². The van der Waals surface area contributed by atoms with Crippen LogP contribution in [0.3, 0.4) is 0 Å². The fourth-order valence-electron chi connectivity index (χ4n) is 2.46. The first-order valence-corrected chi connectivity index (χ1v) is 6.64. The number of nitrogens with one attached hydrogen (secondary N) is 1. The van der Waals surface area contributed by atoms with Crippen LogP contribution in [0.5, 0.6) is 0 Å². The van der Waals surface area contributed by atoms with Crippen LogP contribution in [-0.2, 0) is 7.05 Å². The molecule has 0 radical (unpaired) electrons. The molecular weight excluding hydrogens is 228 g/mol. The first-order valence-electron chi connectivity index (χ1n) is 6.64. The van der Waals surface area contributed by atoms with Gasteiger partial charge in [0.1, 0.15) is 0 Å². The Labute approximate surface area is 108 Å². The van der Waals surface area contributed by atoms with E-state index in [1.165, 1.54) is 12.8 Å². The Morgan fingerprint density at radius 2 is 2.44 bits per heavy atom. The molecule has 0 aromatic carbocycles. The van der Waals surface area contributed by atoms with Crippen molar-refractivity contribution in [1.29, 1.82) is 0 Å². The third-order valence-electron chi connectivity index (χ3n) is 3.42. The molecule has 2 heterocycles. The van der Waals surface area contributed by atoms with Crippen molar-refractivity contribution in [3.05, 3.63) is 18.0 Å². The van der Waals surface area contributed by atoms with E-state index in [9.17, 15) is 4.79 Å². The molecule has 1 aromatic heterocycles. The lowest BCUT2D eigenvalue weighted by Crippen LogP contribution is -2.40. The molecule has 0 saturated carbocycles. The van der Waals surface area contributed by atoms with Crippen LogP contribution in [0, 0.1) is 5.92 Å². The van der Waals surface area contributed by atoms with Gasteiger partial charge in [-0.1, -0.05) is 6.92 Å². The zero-order chi connectivity index (χ0) is 13.0. The second-order valence-corrected chi connectivity index (χ2v) is 5.21. The van der Waals surface area contributed by atoms with Crippen LogP contribution in [-0.4, -0.2) is 46.8 Å². The maximum absolute atomic E-state index is 11.8. The standard InChI is InChI=1S/C13H22N4O/c1-11-4-3-6-17(9-11)7-5-14-13(18)12-8-15-16(2)10-12/h8,10-11H,3-7,9H2,1-2H3,(H,14,18). The average Bonchev–Trinajstić information content (AvgIpc) is 2.76. The van der Waals surface area contributed by atoms with Gasteiger partial charge in [0.25, 0.3) is 5.91 Å². The van der Waals surface area contributed by atoms with Crippen LogP contribution < -0.4 is 5.32 Å². The monoisotopic (exact) mass is 250 g/mol. The van der Waals surface area contributed by atoms with E-state index >= 15 is 0 Å². The predicted octanol–water partition coefficient (Wildman–Crippen LogP) is 0.882. The summed E-state index contributed by atoms with van der Waals surface area (Å²) in [5.74, 6) is 0.751. The minimum absolute atomic E-state index is 0.0341. The lowest BCUT2D eigenvalue weighted by atomic mass is 10.0. The molecule has 1 unspecified atom stereocenters. The highest BCUT2D eigenvalue weighted by molar-refractivity contribution is 5.93.